The van der Waals surface area contributed by atoms with Gasteiger partial charge in [0.25, 0.3) is 5.91 Å². The fourth-order valence-electron chi connectivity index (χ4n) is 2.29. The van der Waals surface area contributed by atoms with Crippen LogP contribution in [0.1, 0.15) is 21.4 Å². The van der Waals surface area contributed by atoms with Crippen molar-refractivity contribution < 1.29 is 17.6 Å². The standard InChI is InChI=1S/C17H14ClNO4S2/c18-13-7-5-12(6-8-13)17(20)19-11-15(14-3-1-9-23-14)25(21,22)16-4-2-10-24-16/h1-10,15H,11H2,(H,19,20)/t15-/m1/s1. The highest BCUT2D eigenvalue weighted by molar-refractivity contribution is 7.93. The number of benzene rings is 1. The first-order valence-electron chi connectivity index (χ1n) is 7.33. The van der Waals surface area contributed by atoms with Gasteiger partial charge in [-0.2, -0.15) is 0 Å². The lowest BCUT2D eigenvalue weighted by Gasteiger charge is -2.15. The molecule has 130 valence electrons. The maximum absolute atomic E-state index is 12.9. The lowest BCUT2D eigenvalue weighted by atomic mass is 10.2. The molecule has 1 atom stereocenters. The molecule has 3 aromatic rings. The van der Waals surface area contributed by atoms with Crippen LogP contribution in [0.3, 0.4) is 0 Å². The van der Waals surface area contributed by atoms with Crippen LogP contribution in [0.25, 0.3) is 0 Å². The summed E-state index contributed by atoms with van der Waals surface area (Å²) in [5.74, 6) is -0.0978. The Hall–Kier alpha value is -2.09. The van der Waals surface area contributed by atoms with Crippen LogP contribution in [-0.4, -0.2) is 20.9 Å². The third-order valence-electron chi connectivity index (χ3n) is 3.57. The molecule has 2 aromatic heterocycles. The number of thiophene rings is 1. The first-order valence-corrected chi connectivity index (χ1v) is 10.1. The van der Waals surface area contributed by atoms with E-state index < -0.39 is 15.1 Å². The largest absolute Gasteiger partial charge is 0.468 e. The monoisotopic (exact) mass is 395 g/mol. The maximum atomic E-state index is 12.9. The molecule has 25 heavy (non-hydrogen) atoms. The average molecular weight is 396 g/mol. The maximum Gasteiger partial charge on any atom is 0.251 e. The predicted octanol–water partition coefficient (Wildman–Crippen LogP) is 3.94. The van der Waals surface area contributed by atoms with Gasteiger partial charge >= 0.3 is 0 Å². The Labute approximate surface area is 154 Å². The molecule has 0 spiro atoms. The number of amides is 1. The molecule has 0 saturated heterocycles. The van der Waals surface area contributed by atoms with Gasteiger partial charge in [-0.05, 0) is 47.8 Å². The van der Waals surface area contributed by atoms with E-state index in [9.17, 15) is 13.2 Å². The van der Waals surface area contributed by atoms with Gasteiger partial charge in [0, 0.05) is 17.1 Å². The van der Waals surface area contributed by atoms with Gasteiger partial charge in [0.05, 0.1) is 6.26 Å². The molecular formula is C17H14ClNO4S2. The van der Waals surface area contributed by atoms with Crippen molar-refractivity contribution in [2.24, 2.45) is 0 Å². The highest BCUT2D eigenvalue weighted by Crippen LogP contribution is 2.31. The summed E-state index contributed by atoms with van der Waals surface area (Å²) in [4.78, 5) is 12.3. The van der Waals surface area contributed by atoms with Gasteiger partial charge in [-0.3, -0.25) is 4.79 Å². The Bertz CT molecular complexity index is 933. The average Bonchev–Trinajstić information content (AvgIpc) is 3.29. The van der Waals surface area contributed by atoms with Crippen molar-refractivity contribution in [3.8, 4) is 0 Å². The molecule has 0 unspecified atom stereocenters. The molecule has 1 aromatic carbocycles. The van der Waals surface area contributed by atoms with Crippen LogP contribution in [0.2, 0.25) is 5.02 Å². The Morgan fingerprint density at radius 2 is 1.92 bits per heavy atom. The fourth-order valence-corrected chi connectivity index (χ4v) is 5.21. The Morgan fingerprint density at radius 1 is 1.16 bits per heavy atom. The molecule has 2 heterocycles. The fraction of sp³-hybridized carbons (Fsp3) is 0.118. The molecule has 0 aliphatic rings. The quantitative estimate of drug-likeness (QED) is 0.685. The van der Waals surface area contributed by atoms with Crippen molar-refractivity contribution in [3.05, 3.63) is 76.5 Å². The van der Waals surface area contributed by atoms with Gasteiger partial charge in [0.15, 0.2) is 9.84 Å². The molecule has 0 bridgehead atoms. The third-order valence-corrected chi connectivity index (χ3v) is 7.31. The first-order chi connectivity index (χ1) is 12.0. The van der Waals surface area contributed by atoms with E-state index >= 15 is 0 Å². The molecule has 3 rings (SSSR count). The Balaban J connectivity index is 1.82. The number of carbonyl (C=O) groups is 1. The van der Waals surface area contributed by atoms with Gasteiger partial charge in [-0.15, -0.1) is 11.3 Å². The summed E-state index contributed by atoms with van der Waals surface area (Å²) in [5.41, 5.74) is 0.399. The molecule has 0 saturated carbocycles. The second-order valence-electron chi connectivity index (χ2n) is 5.20. The molecule has 8 heteroatoms. The number of carbonyl (C=O) groups excluding carboxylic acids is 1. The second-order valence-corrected chi connectivity index (χ2v) is 8.94. The summed E-state index contributed by atoms with van der Waals surface area (Å²) >= 11 is 6.94. The summed E-state index contributed by atoms with van der Waals surface area (Å²) in [6.07, 6.45) is 1.41. The minimum Gasteiger partial charge on any atom is -0.468 e. The summed E-state index contributed by atoms with van der Waals surface area (Å²) in [6, 6.07) is 12.8. The summed E-state index contributed by atoms with van der Waals surface area (Å²) < 4.78 is 31.3. The zero-order chi connectivity index (χ0) is 17.9. The SMILES string of the molecule is O=C(NC[C@H](c1ccco1)S(=O)(=O)c1cccs1)c1ccc(Cl)cc1. The van der Waals surface area contributed by atoms with Gasteiger partial charge in [0.2, 0.25) is 0 Å². The van der Waals surface area contributed by atoms with Crippen LogP contribution in [0, 0.1) is 0 Å². The normalized spacial score (nSPS) is 12.7. The minimum absolute atomic E-state index is 0.102. The van der Waals surface area contributed by atoms with Gasteiger partial charge in [-0.1, -0.05) is 17.7 Å². The van der Waals surface area contributed by atoms with Crippen molar-refractivity contribution >= 4 is 38.7 Å². The summed E-state index contributed by atoms with van der Waals surface area (Å²) in [5, 5.41) is 3.87. The van der Waals surface area contributed by atoms with E-state index in [-0.39, 0.29) is 22.4 Å². The van der Waals surface area contributed by atoms with Crippen molar-refractivity contribution in [2.75, 3.05) is 6.54 Å². The number of rotatable bonds is 6. The zero-order valence-electron chi connectivity index (χ0n) is 12.9. The molecule has 5 nitrogen and oxygen atoms in total. The van der Waals surface area contributed by atoms with E-state index in [1.165, 1.54) is 12.3 Å². The molecular weight excluding hydrogens is 382 g/mol. The minimum atomic E-state index is -3.68. The van der Waals surface area contributed by atoms with Crippen LogP contribution < -0.4 is 5.32 Å². The molecule has 0 fully saturated rings. The van der Waals surface area contributed by atoms with E-state index in [1.807, 2.05) is 0 Å². The van der Waals surface area contributed by atoms with E-state index in [1.54, 1.807) is 47.8 Å². The number of hydrogen-bond donors (Lipinski definition) is 1. The van der Waals surface area contributed by atoms with Gasteiger partial charge in [-0.25, -0.2) is 8.42 Å². The predicted molar refractivity (Wildman–Crippen MR) is 96.7 cm³/mol. The van der Waals surface area contributed by atoms with Crippen LogP contribution in [0.15, 0.2) is 68.8 Å². The van der Waals surface area contributed by atoms with Crippen LogP contribution >= 0.6 is 22.9 Å². The molecule has 1 N–H and O–H groups in total. The molecule has 0 aliphatic carbocycles. The number of halogens is 1. The number of nitrogens with one attached hydrogen (secondary N) is 1. The number of sulfone groups is 1. The van der Waals surface area contributed by atoms with Crippen molar-refractivity contribution in [3.63, 3.8) is 0 Å². The highest BCUT2D eigenvalue weighted by atomic mass is 35.5. The molecule has 0 radical (unpaired) electrons. The summed E-state index contributed by atoms with van der Waals surface area (Å²) in [7, 11) is -3.68. The van der Waals surface area contributed by atoms with Crippen molar-refractivity contribution in [1.29, 1.82) is 0 Å². The van der Waals surface area contributed by atoms with E-state index in [0.717, 1.165) is 11.3 Å². The number of furan rings is 1. The smallest absolute Gasteiger partial charge is 0.251 e. The first kappa shape index (κ1) is 17.7. The second kappa shape index (κ2) is 7.43. The summed E-state index contributed by atoms with van der Waals surface area (Å²) in [6.45, 7) is -0.102. The van der Waals surface area contributed by atoms with Crippen LogP contribution in [0.5, 0.6) is 0 Å². The van der Waals surface area contributed by atoms with Crippen molar-refractivity contribution in [1.82, 2.24) is 5.32 Å². The number of hydrogen-bond acceptors (Lipinski definition) is 5. The van der Waals surface area contributed by atoms with Crippen LogP contribution in [-0.2, 0) is 9.84 Å². The molecule has 1 amide bonds. The lowest BCUT2D eigenvalue weighted by Crippen LogP contribution is -2.31. The van der Waals surface area contributed by atoms with Crippen LogP contribution in [0.4, 0.5) is 0 Å². The Kier molecular flexibility index (Phi) is 5.27. The van der Waals surface area contributed by atoms with E-state index in [4.69, 9.17) is 16.0 Å². The Morgan fingerprint density at radius 3 is 2.52 bits per heavy atom. The molecule has 0 aliphatic heterocycles. The third kappa shape index (κ3) is 3.95. The lowest BCUT2D eigenvalue weighted by molar-refractivity contribution is 0.0953. The van der Waals surface area contributed by atoms with Gasteiger partial charge < -0.3 is 9.73 Å². The van der Waals surface area contributed by atoms with Gasteiger partial charge in [0.1, 0.15) is 15.2 Å². The van der Waals surface area contributed by atoms with Crippen molar-refractivity contribution in [2.45, 2.75) is 9.46 Å². The zero-order valence-corrected chi connectivity index (χ0v) is 15.3. The highest BCUT2D eigenvalue weighted by Gasteiger charge is 2.32. The van der Waals surface area contributed by atoms with E-state index in [2.05, 4.69) is 5.32 Å². The topological polar surface area (TPSA) is 76.4 Å². The van der Waals surface area contributed by atoms with E-state index in [0.29, 0.717) is 10.6 Å².